The molecule has 1 aromatic rings. The molecule has 0 aliphatic heterocycles. The van der Waals surface area contributed by atoms with E-state index >= 15 is 0 Å². The van der Waals surface area contributed by atoms with Gasteiger partial charge < -0.3 is 9.63 Å². The molecule has 2 rings (SSSR count). The molecule has 1 heterocycles. The Morgan fingerprint density at radius 3 is 2.33 bits per heavy atom. The standard InChI is InChI=1S/C14H24N2O2/c1-10(2)12-15-11(18-16-12)9-14(17)7-5-13(3,4)6-8-14/h10,17H,5-9H2,1-4H3. The summed E-state index contributed by atoms with van der Waals surface area (Å²) in [4.78, 5) is 4.35. The van der Waals surface area contributed by atoms with Crippen LogP contribution in [0.15, 0.2) is 4.52 Å². The minimum atomic E-state index is -0.656. The van der Waals surface area contributed by atoms with Crippen LogP contribution in [-0.4, -0.2) is 20.8 Å². The molecule has 0 atom stereocenters. The summed E-state index contributed by atoms with van der Waals surface area (Å²) in [6.45, 7) is 8.59. The molecule has 102 valence electrons. The highest BCUT2D eigenvalue weighted by atomic mass is 16.5. The fourth-order valence-electron chi connectivity index (χ4n) is 2.42. The van der Waals surface area contributed by atoms with E-state index in [-0.39, 0.29) is 5.92 Å². The zero-order chi connectivity index (χ0) is 13.4. The molecule has 1 N–H and O–H groups in total. The van der Waals surface area contributed by atoms with E-state index in [9.17, 15) is 5.11 Å². The molecule has 0 radical (unpaired) electrons. The van der Waals surface area contributed by atoms with Gasteiger partial charge in [-0.1, -0.05) is 32.9 Å². The Balaban J connectivity index is 2.00. The lowest BCUT2D eigenvalue weighted by Crippen LogP contribution is -2.38. The van der Waals surface area contributed by atoms with Crippen molar-refractivity contribution in [2.75, 3.05) is 0 Å². The normalized spacial score (nSPS) is 22.3. The number of hydrogen-bond donors (Lipinski definition) is 1. The van der Waals surface area contributed by atoms with Crippen molar-refractivity contribution in [3.8, 4) is 0 Å². The largest absolute Gasteiger partial charge is 0.389 e. The molecule has 0 bridgehead atoms. The Morgan fingerprint density at radius 2 is 1.83 bits per heavy atom. The fraction of sp³-hybridized carbons (Fsp3) is 0.857. The summed E-state index contributed by atoms with van der Waals surface area (Å²) in [5, 5.41) is 14.5. The number of aliphatic hydroxyl groups is 1. The third-order valence-electron chi connectivity index (χ3n) is 4.01. The summed E-state index contributed by atoms with van der Waals surface area (Å²) in [6.07, 6.45) is 4.23. The number of rotatable bonds is 3. The monoisotopic (exact) mass is 252 g/mol. The Morgan fingerprint density at radius 1 is 1.22 bits per heavy atom. The summed E-state index contributed by atoms with van der Waals surface area (Å²) < 4.78 is 5.22. The average Bonchev–Trinajstić information content (AvgIpc) is 2.72. The second kappa shape index (κ2) is 4.65. The van der Waals surface area contributed by atoms with Gasteiger partial charge in [0, 0.05) is 5.92 Å². The van der Waals surface area contributed by atoms with Gasteiger partial charge in [-0.15, -0.1) is 0 Å². The van der Waals surface area contributed by atoms with Crippen LogP contribution in [-0.2, 0) is 6.42 Å². The summed E-state index contributed by atoms with van der Waals surface area (Å²) in [7, 11) is 0. The minimum Gasteiger partial charge on any atom is -0.389 e. The third kappa shape index (κ3) is 3.10. The number of aromatic nitrogens is 2. The maximum absolute atomic E-state index is 10.6. The van der Waals surface area contributed by atoms with Crippen molar-refractivity contribution in [1.29, 1.82) is 0 Å². The molecule has 1 fully saturated rings. The van der Waals surface area contributed by atoms with Crippen molar-refractivity contribution >= 4 is 0 Å². The number of nitrogens with zero attached hydrogens (tertiary/aromatic N) is 2. The first-order chi connectivity index (χ1) is 8.30. The summed E-state index contributed by atoms with van der Waals surface area (Å²) in [5.74, 6) is 1.56. The van der Waals surface area contributed by atoms with Crippen LogP contribution in [0.5, 0.6) is 0 Å². The molecule has 0 amide bonds. The molecular formula is C14H24N2O2. The quantitative estimate of drug-likeness (QED) is 0.898. The van der Waals surface area contributed by atoms with E-state index in [0.717, 1.165) is 31.5 Å². The highest BCUT2D eigenvalue weighted by Gasteiger charge is 2.38. The molecule has 0 saturated heterocycles. The maximum atomic E-state index is 10.6. The molecule has 0 aromatic carbocycles. The van der Waals surface area contributed by atoms with Gasteiger partial charge in [0.1, 0.15) is 0 Å². The number of hydrogen-bond acceptors (Lipinski definition) is 4. The van der Waals surface area contributed by atoms with Gasteiger partial charge in [-0.3, -0.25) is 0 Å². The lowest BCUT2D eigenvalue weighted by Gasteiger charge is -2.39. The minimum absolute atomic E-state index is 0.266. The van der Waals surface area contributed by atoms with E-state index in [0.29, 0.717) is 17.7 Å². The van der Waals surface area contributed by atoms with Crippen LogP contribution >= 0.6 is 0 Å². The van der Waals surface area contributed by atoms with Gasteiger partial charge in [0.15, 0.2) is 5.82 Å². The molecule has 0 spiro atoms. The summed E-state index contributed by atoms with van der Waals surface area (Å²) >= 11 is 0. The van der Waals surface area contributed by atoms with E-state index < -0.39 is 5.60 Å². The van der Waals surface area contributed by atoms with Crippen molar-refractivity contribution in [2.45, 2.75) is 71.3 Å². The first-order valence-electron chi connectivity index (χ1n) is 6.85. The summed E-state index contributed by atoms with van der Waals surface area (Å²) in [5.41, 5.74) is -0.305. The average molecular weight is 252 g/mol. The van der Waals surface area contributed by atoms with Gasteiger partial charge in [0.2, 0.25) is 5.89 Å². The predicted molar refractivity (Wildman–Crippen MR) is 69.3 cm³/mol. The van der Waals surface area contributed by atoms with Gasteiger partial charge >= 0.3 is 0 Å². The third-order valence-corrected chi connectivity index (χ3v) is 4.01. The van der Waals surface area contributed by atoms with Gasteiger partial charge in [0.25, 0.3) is 0 Å². The van der Waals surface area contributed by atoms with Crippen molar-refractivity contribution < 1.29 is 9.63 Å². The van der Waals surface area contributed by atoms with Crippen LogP contribution in [0.2, 0.25) is 0 Å². The molecule has 18 heavy (non-hydrogen) atoms. The SMILES string of the molecule is CC(C)c1noc(CC2(O)CCC(C)(C)CC2)n1. The van der Waals surface area contributed by atoms with Crippen molar-refractivity contribution in [3.63, 3.8) is 0 Å². The van der Waals surface area contributed by atoms with E-state index in [2.05, 4.69) is 24.0 Å². The Bertz CT molecular complexity index is 400. The van der Waals surface area contributed by atoms with Gasteiger partial charge in [-0.25, -0.2) is 0 Å². The van der Waals surface area contributed by atoms with Gasteiger partial charge in [-0.2, -0.15) is 4.98 Å². The van der Waals surface area contributed by atoms with E-state index in [4.69, 9.17) is 4.52 Å². The Hall–Kier alpha value is -0.900. The smallest absolute Gasteiger partial charge is 0.229 e. The molecule has 1 saturated carbocycles. The summed E-state index contributed by atoms with van der Waals surface area (Å²) in [6, 6.07) is 0. The zero-order valence-corrected chi connectivity index (χ0v) is 11.9. The maximum Gasteiger partial charge on any atom is 0.229 e. The predicted octanol–water partition coefficient (Wildman–Crippen LogP) is 3.07. The molecule has 1 aliphatic rings. The molecule has 0 unspecified atom stereocenters. The highest BCUT2D eigenvalue weighted by molar-refractivity contribution is 4.98. The first-order valence-corrected chi connectivity index (χ1v) is 6.85. The molecule has 1 aliphatic carbocycles. The van der Waals surface area contributed by atoms with Crippen molar-refractivity contribution in [2.24, 2.45) is 5.41 Å². The van der Waals surface area contributed by atoms with Gasteiger partial charge in [0.05, 0.1) is 12.0 Å². The van der Waals surface area contributed by atoms with E-state index in [1.807, 2.05) is 13.8 Å². The van der Waals surface area contributed by atoms with Gasteiger partial charge in [-0.05, 0) is 31.1 Å². The van der Waals surface area contributed by atoms with Crippen LogP contribution in [0, 0.1) is 5.41 Å². The fourth-order valence-corrected chi connectivity index (χ4v) is 2.42. The van der Waals surface area contributed by atoms with Crippen molar-refractivity contribution in [3.05, 3.63) is 11.7 Å². The van der Waals surface area contributed by atoms with E-state index in [1.54, 1.807) is 0 Å². The second-order valence-electron chi connectivity index (χ2n) is 6.77. The molecule has 4 nitrogen and oxygen atoms in total. The first kappa shape index (κ1) is 13.5. The topological polar surface area (TPSA) is 59.2 Å². The Labute approximate surface area is 109 Å². The lowest BCUT2D eigenvalue weighted by atomic mass is 9.70. The van der Waals surface area contributed by atoms with Crippen LogP contribution in [0.25, 0.3) is 0 Å². The molecule has 1 aromatic heterocycles. The van der Waals surface area contributed by atoms with Crippen LogP contribution in [0.3, 0.4) is 0 Å². The van der Waals surface area contributed by atoms with E-state index in [1.165, 1.54) is 0 Å². The van der Waals surface area contributed by atoms with Crippen LogP contribution < -0.4 is 0 Å². The van der Waals surface area contributed by atoms with Crippen LogP contribution in [0.4, 0.5) is 0 Å². The Kier molecular flexibility index (Phi) is 3.49. The second-order valence-corrected chi connectivity index (χ2v) is 6.77. The van der Waals surface area contributed by atoms with Crippen LogP contribution in [0.1, 0.15) is 71.0 Å². The highest BCUT2D eigenvalue weighted by Crippen LogP contribution is 2.41. The van der Waals surface area contributed by atoms with Crippen molar-refractivity contribution in [1.82, 2.24) is 10.1 Å². The molecule has 4 heteroatoms. The zero-order valence-electron chi connectivity index (χ0n) is 11.9. The molecular weight excluding hydrogens is 228 g/mol. The lowest BCUT2D eigenvalue weighted by molar-refractivity contribution is -0.0301.